The Kier molecular flexibility index (Phi) is 66.4. The Morgan fingerprint density at radius 1 is 0.298 bits per heavy atom. The fourth-order valence-electron chi connectivity index (χ4n) is 10.4. The number of aliphatic hydroxyl groups is 1. The largest absolute Gasteiger partial charge is 0.472 e. The van der Waals surface area contributed by atoms with Crippen molar-refractivity contribution < 1.29 is 80.2 Å². The average molecular weight is 1370 g/mol. The fourth-order valence-corrected chi connectivity index (χ4v) is 12.0. The lowest BCUT2D eigenvalue weighted by Gasteiger charge is -2.21. The Balaban J connectivity index is 5.33. The number of phosphoric acid groups is 2. The number of phosphoric ester groups is 2. The van der Waals surface area contributed by atoms with Crippen LogP contribution in [0.4, 0.5) is 0 Å². The van der Waals surface area contributed by atoms with Crippen LogP contribution in [-0.4, -0.2) is 96.7 Å². The van der Waals surface area contributed by atoms with E-state index in [4.69, 9.17) is 37.0 Å². The molecule has 3 N–H and O–H groups in total. The molecule has 0 radical (unpaired) electrons. The van der Waals surface area contributed by atoms with Gasteiger partial charge in [-0.2, -0.15) is 0 Å². The number of hydrogen-bond acceptors (Lipinski definition) is 15. The summed E-state index contributed by atoms with van der Waals surface area (Å²) < 4.78 is 68.4. The van der Waals surface area contributed by atoms with E-state index in [0.29, 0.717) is 25.7 Å². The molecule has 0 saturated carbocycles. The summed E-state index contributed by atoms with van der Waals surface area (Å²) in [5.41, 5.74) is 0. The van der Waals surface area contributed by atoms with Crippen molar-refractivity contribution >= 4 is 39.5 Å². The van der Waals surface area contributed by atoms with E-state index in [1.165, 1.54) is 122 Å². The highest BCUT2D eigenvalue weighted by Crippen LogP contribution is 2.45. The normalized spacial score (nSPS) is 14.2. The number of carbonyl (C=O) groups is 4. The average Bonchev–Trinajstić information content (AvgIpc) is 2.26. The monoisotopic (exact) mass is 1370 g/mol. The lowest BCUT2D eigenvalue weighted by atomic mass is 10.0. The molecule has 0 aliphatic carbocycles. The van der Waals surface area contributed by atoms with Crippen LogP contribution in [0.2, 0.25) is 0 Å². The van der Waals surface area contributed by atoms with E-state index in [9.17, 15) is 43.2 Å². The highest BCUT2D eigenvalue weighted by molar-refractivity contribution is 7.47. The fraction of sp³-hybridized carbons (Fsp3) is 0.840. The zero-order valence-corrected chi connectivity index (χ0v) is 61.7. The molecule has 0 aromatic carbocycles. The Morgan fingerprint density at radius 2 is 0.521 bits per heavy atom. The summed E-state index contributed by atoms with van der Waals surface area (Å²) in [4.78, 5) is 72.7. The molecular formula is C75H138O17P2. The van der Waals surface area contributed by atoms with Gasteiger partial charge in [0.2, 0.25) is 0 Å². The molecule has 0 saturated heterocycles. The minimum Gasteiger partial charge on any atom is -0.462 e. The van der Waals surface area contributed by atoms with Crippen LogP contribution in [0.5, 0.6) is 0 Å². The first-order chi connectivity index (χ1) is 45.7. The summed E-state index contributed by atoms with van der Waals surface area (Å²) in [5.74, 6) is -2.18. The number of unbranched alkanes of at least 4 members (excludes halogenated alkanes) is 38. The van der Waals surface area contributed by atoms with E-state index in [1.54, 1.807) is 0 Å². The maximum Gasteiger partial charge on any atom is 0.472 e. The van der Waals surface area contributed by atoms with Gasteiger partial charge in [-0.05, 0) is 109 Å². The van der Waals surface area contributed by atoms with Gasteiger partial charge in [0.05, 0.1) is 26.4 Å². The van der Waals surface area contributed by atoms with Crippen molar-refractivity contribution in [3.8, 4) is 0 Å². The molecule has 0 aromatic rings. The van der Waals surface area contributed by atoms with E-state index in [0.717, 1.165) is 148 Å². The highest BCUT2D eigenvalue weighted by Gasteiger charge is 2.30. The number of ether oxygens (including phenoxy) is 4. The van der Waals surface area contributed by atoms with E-state index in [1.807, 2.05) is 0 Å². The first-order valence-corrected chi connectivity index (χ1v) is 40.9. The Morgan fingerprint density at radius 3 is 0.830 bits per heavy atom. The first kappa shape index (κ1) is 91.0. The van der Waals surface area contributed by atoms with Crippen molar-refractivity contribution in [3.05, 3.63) is 48.6 Å². The van der Waals surface area contributed by atoms with Crippen LogP contribution in [0, 0.1) is 0 Å². The molecule has 0 fully saturated rings. The number of hydrogen-bond donors (Lipinski definition) is 3. The molecule has 0 heterocycles. The molecule has 19 heteroatoms. The van der Waals surface area contributed by atoms with Gasteiger partial charge in [-0.15, -0.1) is 0 Å². The minimum absolute atomic E-state index is 0.0820. The molecule has 0 amide bonds. The van der Waals surface area contributed by atoms with Crippen LogP contribution in [0.25, 0.3) is 0 Å². The summed E-state index contributed by atoms with van der Waals surface area (Å²) in [6, 6.07) is 0. The van der Waals surface area contributed by atoms with Crippen LogP contribution in [0.15, 0.2) is 48.6 Å². The van der Waals surface area contributed by atoms with Crippen LogP contribution in [0.1, 0.15) is 349 Å². The van der Waals surface area contributed by atoms with Crippen molar-refractivity contribution in [2.24, 2.45) is 0 Å². The van der Waals surface area contributed by atoms with Crippen molar-refractivity contribution in [1.29, 1.82) is 0 Å². The zero-order chi connectivity index (χ0) is 69.0. The van der Waals surface area contributed by atoms with Crippen LogP contribution in [0.3, 0.4) is 0 Å². The molecule has 0 rings (SSSR count). The third-order valence-electron chi connectivity index (χ3n) is 16.3. The molecule has 0 bridgehead atoms. The van der Waals surface area contributed by atoms with Crippen molar-refractivity contribution in [3.63, 3.8) is 0 Å². The van der Waals surface area contributed by atoms with Gasteiger partial charge in [-0.3, -0.25) is 37.3 Å². The number of aliphatic hydroxyl groups excluding tert-OH is 1. The van der Waals surface area contributed by atoms with Gasteiger partial charge in [-0.25, -0.2) is 9.13 Å². The van der Waals surface area contributed by atoms with E-state index in [2.05, 4.69) is 76.3 Å². The van der Waals surface area contributed by atoms with E-state index >= 15 is 0 Å². The molecule has 5 atom stereocenters. The molecule has 17 nitrogen and oxygen atoms in total. The van der Waals surface area contributed by atoms with Gasteiger partial charge in [0.15, 0.2) is 12.2 Å². The molecule has 0 aliphatic heterocycles. The SMILES string of the molecule is CCCCC/C=C\C/C=C\CCCCCCCC(=O)O[C@H](COC(=O)CCCCCCC/C=C\CCCCCC)COP(=O)(O)OC[C@H](O)COP(=O)(O)OC[C@@H](COC(=O)CCCCCCC/C=C\CCCCCC)OC(=O)CCCCCCCCCCCCCCC. The second-order valence-electron chi connectivity index (χ2n) is 25.6. The second kappa shape index (κ2) is 68.5. The molecule has 0 spiro atoms. The predicted molar refractivity (Wildman–Crippen MR) is 381 cm³/mol. The molecule has 0 aromatic heterocycles. The first-order valence-electron chi connectivity index (χ1n) is 37.9. The molecular weight excluding hydrogens is 1230 g/mol. The molecule has 550 valence electrons. The van der Waals surface area contributed by atoms with Gasteiger partial charge < -0.3 is 33.8 Å². The molecule has 94 heavy (non-hydrogen) atoms. The zero-order valence-electron chi connectivity index (χ0n) is 59.9. The minimum atomic E-state index is -4.97. The summed E-state index contributed by atoms with van der Waals surface area (Å²) in [6.07, 6.45) is 63.8. The van der Waals surface area contributed by atoms with Crippen molar-refractivity contribution in [2.75, 3.05) is 39.6 Å². The Labute approximate surface area is 572 Å². The van der Waals surface area contributed by atoms with Gasteiger partial charge in [-0.1, -0.05) is 263 Å². The van der Waals surface area contributed by atoms with Gasteiger partial charge in [0, 0.05) is 25.7 Å². The quantitative estimate of drug-likeness (QED) is 0.0169. The molecule has 0 aliphatic rings. The third-order valence-corrected chi connectivity index (χ3v) is 18.2. The van der Waals surface area contributed by atoms with E-state index < -0.39 is 97.5 Å². The lowest BCUT2D eigenvalue weighted by Crippen LogP contribution is -2.30. The second-order valence-corrected chi connectivity index (χ2v) is 28.5. The van der Waals surface area contributed by atoms with Crippen molar-refractivity contribution in [2.45, 2.75) is 367 Å². The lowest BCUT2D eigenvalue weighted by molar-refractivity contribution is -0.161. The summed E-state index contributed by atoms with van der Waals surface area (Å²) in [5, 5.41) is 10.6. The standard InChI is InChI=1S/C75H138O17P2/c1-5-9-13-17-21-25-29-33-34-38-42-46-50-54-58-62-75(80)92-71(66-86-73(78)60-56-52-48-44-40-36-31-27-23-19-15-11-7-3)68-90-94(83,84)88-64-69(76)63-87-93(81,82)89-67-70(91-74(79)61-57-53-49-45-41-37-32-28-24-20-16-12-8-4)65-85-72(77)59-55-51-47-43-39-35-30-26-22-18-14-10-6-2/h21,25-27,30-31,33-34,69-71,76H,5-20,22-24,28-29,32,35-68H2,1-4H3,(H,81,82)(H,83,84)/b25-21-,30-26-,31-27-,34-33-/t69-,70-,71-/m1/s1. The summed E-state index contributed by atoms with van der Waals surface area (Å²) in [7, 11) is -9.93. The number of allylic oxidation sites excluding steroid dienone is 8. The Hall–Kier alpha value is -2.98. The van der Waals surface area contributed by atoms with E-state index in [-0.39, 0.29) is 25.7 Å². The van der Waals surface area contributed by atoms with Gasteiger partial charge in [0.25, 0.3) is 0 Å². The summed E-state index contributed by atoms with van der Waals surface area (Å²) >= 11 is 0. The molecule has 2 unspecified atom stereocenters. The smallest absolute Gasteiger partial charge is 0.462 e. The summed E-state index contributed by atoms with van der Waals surface area (Å²) in [6.45, 7) is 4.83. The third kappa shape index (κ3) is 67.6. The maximum atomic E-state index is 13.1. The predicted octanol–water partition coefficient (Wildman–Crippen LogP) is 21.3. The number of carbonyl (C=O) groups excluding carboxylic acids is 4. The number of esters is 4. The number of rotatable bonds is 72. The highest BCUT2D eigenvalue weighted by atomic mass is 31.2. The van der Waals surface area contributed by atoms with Gasteiger partial charge in [0.1, 0.15) is 19.3 Å². The van der Waals surface area contributed by atoms with Crippen molar-refractivity contribution in [1.82, 2.24) is 0 Å². The Bertz CT molecular complexity index is 1980. The topological polar surface area (TPSA) is 237 Å². The maximum absolute atomic E-state index is 13.1. The van der Waals surface area contributed by atoms with Crippen LogP contribution in [-0.2, 0) is 65.4 Å². The van der Waals surface area contributed by atoms with Crippen LogP contribution < -0.4 is 0 Å². The van der Waals surface area contributed by atoms with Gasteiger partial charge >= 0.3 is 39.5 Å². The van der Waals surface area contributed by atoms with Crippen LogP contribution >= 0.6 is 15.6 Å².